The predicted molar refractivity (Wildman–Crippen MR) is 109 cm³/mol. The molecule has 0 aromatic heterocycles. The van der Waals surface area contributed by atoms with Crippen molar-refractivity contribution in [2.75, 3.05) is 28.4 Å². The Labute approximate surface area is 180 Å². The van der Waals surface area contributed by atoms with Crippen LogP contribution in [0.5, 0.6) is 0 Å². The first-order chi connectivity index (χ1) is 12.1. The van der Waals surface area contributed by atoms with Gasteiger partial charge in [0.15, 0.2) is 0 Å². The van der Waals surface area contributed by atoms with Crippen LogP contribution in [0, 0.1) is 0 Å². The normalized spacial score (nSPS) is 11.5. The van der Waals surface area contributed by atoms with Crippen LogP contribution in [0.1, 0.15) is 38.5 Å². The highest BCUT2D eigenvalue weighted by atomic mass is 127. The highest BCUT2D eigenvalue weighted by molar-refractivity contribution is 14.1. The van der Waals surface area contributed by atoms with E-state index in [0.29, 0.717) is 25.7 Å². The predicted octanol–water partition coefficient (Wildman–Crippen LogP) is 2.37. The second kappa shape index (κ2) is 11.9. The summed E-state index contributed by atoms with van der Waals surface area (Å²) in [5.74, 6) is -2.58. The standard InChI is InChI=1S/C16H24I2O8/c1-23-11(19)15(17,12(20)24-2)9-7-5-6-8-10-16(18,13(21)25-3)14(22)26-4/h5-10H2,1-4H3. The molecule has 0 amide bonds. The lowest BCUT2D eigenvalue weighted by atomic mass is 9.97. The van der Waals surface area contributed by atoms with Gasteiger partial charge in [-0.1, -0.05) is 70.9 Å². The molecule has 0 bridgehead atoms. The van der Waals surface area contributed by atoms with Gasteiger partial charge in [-0.15, -0.1) is 0 Å². The SMILES string of the molecule is COC(=O)C(I)(CCCCCCC(I)(C(=O)OC)C(=O)OC)C(=O)OC. The lowest BCUT2D eigenvalue weighted by Crippen LogP contribution is -2.42. The van der Waals surface area contributed by atoms with Crippen molar-refractivity contribution in [3.05, 3.63) is 0 Å². The first-order valence-electron chi connectivity index (χ1n) is 7.85. The zero-order valence-electron chi connectivity index (χ0n) is 15.3. The van der Waals surface area contributed by atoms with Crippen LogP contribution in [0.25, 0.3) is 0 Å². The van der Waals surface area contributed by atoms with Crippen LogP contribution < -0.4 is 0 Å². The number of carbonyl (C=O) groups is 4. The quantitative estimate of drug-likeness (QED) is 0.0893. The Morgan fingerprint density at radius 2 is 0.808 bits per heavy atom. The maximum absolute atomic E-state index is 11.9. The first-order valence-corrected chi connectivity index (χ1v) is 10.0. The second-order valence-corrected chi connectivity index (χ2v) is 9.17. The van der Waals surface area contributed by atoms with Gasteiger partial charge in [-0.3, -0.25) is 0 Å². The van der Waals surface area contributed by atoms with Crippen LogP contribution >= 0.6 is 45.2 Å². The summed E-state index contributed by atoms with van der Waals surface area (Å²) < 4.78 is 16.0. The third-order valence-electron chi connectivity index (χ3n) is 3.83. The lowest BCUT2D eigenvalue weighted by molar-refractivity contribution is -0.157. The molecule has 0 radical (unpaired) electrons. The Morgan fingerprint density at radius 1 is 0.577 bits per heavy atom. The van der Waals surface area contributed by atoms with Crippen LogP contribution in [0.15, 0.2) is 0 Å². The zero-order chi connectivity index (χ0) is 20.4. The number of ether oxygens (including phenoxy) is 4. The van der Waals surface area contributed by atoms with Crippen molar-refractivity contribution in [3.63, 3.8) is 0 Å². The van der Waals surface area contributed by atoms with Crippen LogP contribution in [-0.4, -0.2) is 59.2 Å². The molecule has 26 heavy (non-hydrogen) atoms. The summed E-state index contributed by atoms with van der Waals surface area (Å²) in [4.78, 5) is 47.5. The fourth-order valence-corrected chi connectivity index (χ4v) is 3.96. The van der Waals surface area contributed by atoms with E-state index in [9.17, 15) is 19.2 Å². The maximum Gasteiger partial charge on any atom is 0.333 e. The molecule has 0 aromatic carbocycles. The largest absolute Gasteiger partial charge is 0.468 e. The van der Waals surface area contributed by atoms with Gasteiger partial charge in [0.05, 0.1) is 28.4 Å². The molecule has 150 valence electrons. The van der Waals surface area contributed by atoms with E-state index < -0.39 is 30.7 Å². The Balaban J connectivity index is 4.57. The summed E-state index contributed by atoms with van der Waals surface area (Å²) >= 11 is 3.51. The number of unbranched alkanes of at least 4 members (excludes halogenated alkanes) is 3. The van der Waals surface area contributed by atoms with E-state index in [2.05, 4.69) is 18.9 Å². The fraction of sp³-hybridized carbons (Fsp3) is 0.750. The summed E-state index contributed by atoms with van der Waals surface area (Å²) in [5, 5.41) is 0. The van der Waals surface area contributed by atoms with Gasteiger partial charge in [-0.25, -0.2) is 19.2 Å². The van der Waals surface area contributed by atoms with E-state index in [1.54, 1.807) is 45.2 Å². The maximum atomic E-state index is 11.9. The number of methoxy groups -OCH3 is 4. The number of hydrogen-bond acceptors (Lipinski definition) is 8. The van der Waals surface area contributed by atoms with Gasteiger partial charge in [0, 0.05) is 0 Å². The molecule has 0 unspecified atom stereocenters. The molecule has 0 heterocycles. The van der Waals surface area contributed by atoms with Gasteiger partial charge in [-0.2, -0.15) is 0 Å². The third kappa shape index (κ3) is 6.50. The lowest BCUT2D eigenvalue weighted by Gasteiger charge is -2.22. The van der Waals surface area contributed by atoms with E-state index in [4.69, 9.17) is 0 Å². The zero-order valence-corrected chi connectivity index (χ0v) is 19.6. The molecule has 0 atom stereocenters. The van der Waals surface area contributed by atoms with Crippen molar-refractivity contribution in [1.29, 1.82) is 0 Å². The van der Waals surface area contributed by atoms with Gasteiger partial charge in [-0.05, 0) is 12.8 Å². The minimum absolute atomic E-state index is 0.274. The number of esters is 4. The highest BCUT2D eigenvalue weighted by Crippen LogP contribution is 2.31. The summed E-state index contributed by atoms with van der Waals surface area (Å²) in [6.07, 6.45) is 3.11. The molecule has 0 saturated heterocycles. The molecule has 0 aliphatic heterocycles. The number of carbonyl (C=O) groups excluding carboxylic acids is 4. The van der Waals surface area contributed by atoms with Crippen LogP contribution in [-0.2, 0) is 38.1 Å². The van der Waals surface area contributed by atoms with Crippen LogP contribution in [0.2, 0.25) is 0 Å². The average Bonchev–Trinajstić information content (AvgIpc) is 2.66. The molecular formula is C16H24I2O8. The molecule has 0 saturated carbocycles. The molecule has 0 aliphatic rings. The molecular weight excluding hydrogens is 574 g/mol. The first kappa shape index (κ1) is 25.3. The van der Waals surface area contributed by atoms with Crippen molar-refractivity contribution in [1.82, 2.24) is 0 Å². The van der Waals surface area contributed by atoms with Gasteiger partial charge in [0.1, 0.15) is 0 Å². The molecule has 0 rings (SSSR count). The Kier molecular flexibility index (Phi) is 11.6. The van der Waals surface area contributed by atoms with Crippen molar-refractivity contribution in [3.8, 4) is 0 Å². The summed E-state index contributed by atoms with van der Waals surface area (Å²) in [5.41, 5.74) is 0. The van der Waals surface area contributed by atoms with E-state index in [0.717, 1.165) is 0 Å². The van der Waals surface area contributed by atoms with E-state index in [1.165, 1.54) is 28.4 Å². The molecule has 0 spiro atoms. The van der Waals surface area contributed by atoms with Gasteiger partial charge < -0.3 is 18.9 Å². The summed E-state index contributed by atoms with van der Waals surface area (Å²) in [6.45, 7) is 0. The van der Waals surface area contributed by atoms with Gasteiger partial charge in [0.2, 0.25) is 6.84 Å². The number of hydrogen-bond donors (Lipinski definition) is 0. The van der Waals surface area contributed by atoms with Crippen molar-refractivity contribution < 1.29 is 38.1 Å². The minimum Gasteiger partial charge on any atom is -0.468 e. The molecule has 10 heteroatoms. The Hall–Kier alpha value is -0.660. The molecule has 0 aromatic rings. The molecule has 8 nitrogen and oxygen atoms in total. The molecule has 0 aliphatic carbocycles. The summed E-state index contributed by atoms with van der Waals surface area (Å²) in [7, 11) is 4.88. The van der Waals surface area contributed by atoms with Crippen LogP contribution in [0.4, 0.5) is 0 Å². The van der Waals surface area contributed by atoms with Gasteiger partial charge in [0.25, 0.3) is 0 Å². The smallest absolute Gasteiger partial charge is 0.333 e. The molecule has 0 N–H and O–H groups in total. The summed E-state index contributed by atoms with van der Waals surface area (Å²) in [6, 6.07) is 0. The number of rotatable bonds is 11. The fourth-order valence-electron chi connectivity index (χ4n) is 2.31. The van der Waals surface area contributed by atoms with Crippen molar-refractivity contribution >= 4 is 69.1 Å². The Morgan fingerprint density at radius 3 is 1.00 bits per heavy atom. The van der Waals surface area contributed by atoms with E-state index >= 15 is 0 Å². The van der Waals surface area contributed by atoms with Crippen LogP contribution in [0.3, 0.4) is 0 Å². The average molecular weight is 598 g/mol. The minimum atomic E-state index is -1.37. The molecule has 0 fully saturated rings. The number of alkyl halides is 2. The monoisotopic (exact) mass is 598 g/mol. The van der Waals surface area contributed by atoms with E-state index in [1.807, 2.05) is 0 Å². The third-order valence-corrected chi connectivity index (χ3v) is 6.67. The number of halogens is 2. The second-order valence-electron chi connectivity index (χ2n) is 5.48. The topological polar surface area (TPSA) is 105 Å². The Bertz CT molecular complexity index is 442. The van der Waals surface area contributed by atoms with Crippen molar-refractivity contribution in [2.45, 2.75) is 45.4 Å². The highest BCUT2D eigenvalue weighted by Gasteiger charge is 2.46. The van der Waals surface area contributed by atoms with E-state index in [-0.39, 0.29) is 12.8 Å². The van der Waals surface area contributed by atoms with Crippen molar-refractivity contribution in [2.24, 2.45) is 0 Å². The van der Waals surface area contributed by atoms with Gasteiger partial charge >= 0.3 is 23.9 Å².